The lowest BCUT2D eigenvalue weighted by Gasteiger charge is -1.94. The van der Waals surface area contributed by atoms with Crippen LogP contribution >= 0.6 is 0 Å². The number of carboxylic acid groups (broad SMARTS) is 1. The van der Waals surface area contributed by atoms with Crippen molar-refractivity contribution in [2.24, 2.45) is 0 Å². The van der Waals surface area contributed by atoms with Gasteiger partial charge in [-0.05, 0) is 27.2 Å². The van der Waals surface area contributed by atoms with Crippen molar-refractivity contribution in [1.82, 2.24) is 0 Å². The zero-order valence-electron chi connectivity index (χ0n) is 7.92. The summed E-state index contributed by atoms with van der Waals surface area (Å²) in [5.41, 5.74) is 2.18. The first-order valence-corrected chi connectivity index (χ1v) is 4.03. The van der Waals surface area contributed by atoms with Crippen LogP contribution in [0.4, 0.5) is 0 Å². The smallest absolute Gasteiger partial charge is 0.307 e. The molecule has 0 rings (SSSR count). The highest BCUT2D eigenvalue weighted by atomic mass is 16.4. The van der Waals surface area contributed by atoms with Crippen LogP contribution in [-0.2, 0) is 4.79 Å². The van der Waals surface area contributed by atoms with Gasteiger partial charge in [0.2, 0.25) is 0 Å². The van der Waals surface area contributed by atoms with E-state index >= 15 is 0 Å². The molecule has 0 bridgehead atoms. The SMILES string of the molecule is CC(C)=CC/C=C(/C)CC(=O)O. The highest BCUT2D eigenvalue weighted by Gasteiger charge is 1.96. The fraction of sp³-hybridized carbons (Fsp3) is 0.500. The average molecular weight is 168 g/mol. The van der Waals surface area contributed by atoms with Gasteiger partial charge in [-0.3, -0.25) is 4.79 Å². The minimum atomic E-state index is -0.763. The van der Waals surface area contributed by atoms with Crippen LogP contribution in [0.1, 0.15) is 33.6 Å². The Hall–Kier alpha value is -1.05. The van der Waals surface area contributed by atoms with Gasteiger partial charge < -0.3 is 5.11 Å². The van der Waals surface area contributed by atoms with E-state index in [0.29, 0.717) is 0 Å². The maximum absolute atomic E-state index is 10.3. The van der Waals surface area contributed by atoms with Gasteiger partial charge in [0.25, 0.3) is 0 Å². The minimum absolute atomic E-state index is 0.149. The summed E-state index contributed by atoms with van der Waals surface area (Å²) in [5, 5.41) is 8.44. The molecular weight excluding hydrogens is 152 g/mol. The summed E-state index contributed by atoms with van der Waals surface area (Å²) in [5.74, 6) is -0.763. The van der Waals surface area contributed by atoms with Crippen LogP contribution in [0.25, 0.3) is 0 Å². The monoisotopic (exact) mass is 168 g/mol. The third kappa shape index (κ3) is 7.06. The number of hydrogen-bond donors (Lipinski definition) is 1. The molecule has 0 aliphatic heterocycles. The Morgan fingerprint density at radius 2 is 1.83 bits per heavy atom. The molecule has 12 heavy (non-hydrogen) atoms. The van der Waals surface area contributed by atoms with E-state index in [0.717, 1.165) is 12.0 Å². The summed E-state index contributed by atoms with van der Waals surface area (Å²) >= 11 is 0. The van der Waals surface area contributed by atoms with Crippen molar-refractivity contribution in [2.45, 2.75) is 33.6 Å². The molecule has 1 N–H and O–H groups in total. The molecule has 0 aromatic carbocycles. The second-order valence-electron chi connectivity index (χ2n) is 3.14. The van der Waals surface area contributed by atoms with Crippen molar-refractivity contribution < 1.29 is 9.90 Å². The summed E-state index contributed by atoms with van der Waals surface area (Å²) in [7, 11) is 0. The third-order valence-electron chi connectivity index (χ3n) is 1.42. The van der Waals surface area contributed by atoms with Crippen LogP contribution in [0.5, 0.6) is 0 Å². The van der Waals surface area contributed by atoms with Crippen molar-refractivity contribution in [1.29, 1.82) is 0 Å². The average Bonchev–Trinajstić information content (AvgIpc) is 1.84. The zero-order valence-corrected chi connectivity index (χ0v) is 7.92. The van der Waals surface area contributed by atoms with Crippen LogP contribution in [0, 0.1) is 0 Å². The lowest BCUT2D eigenvalue weighted by Crippen LogP contribution is -1.94. The summed E-state index contributed by atoms with van der Waals surface area (Å²) in [6.45, 7) is 5.90. The summed E-state index contributed by atoms with van der Waals surface area (Å²) in [6, 6.07) is 0. The number of aliphatic carboxylic acids is 1. The summed E-state index contributed by atoms with van der Waals surface area (Å²) in [6.07, 6.45) is 5.00. The summed E-state index contributed by atoms with van der Waals surface area (Å²) in [4.78, 5) is 10.3. The predicted octanol–water partition coefficient (Wildman–Crippen LogP) is 2.76. The molecule has 0 aromatic heterocycles. The number of carbonyl (C=O) groups is 1. The molecular formula is C10H16O2. The second-order valence-corrected chi connectivity index (χ2v) is 3.14. The molecule has 2 heteroatoms. The molecule has 0 unspecified atom stereocenters. The van der Waals surface area contributed by atoms with E-state index in [1.807, 2.05) is 26.8 Å². The van der Waals surface area contributed by atoms with Crippen LogP contribution < -0.4 is 0 Å². The van der Waals surface area contributed by atoms with Crippen LogP contribution in [0.2, 0.25) is 0 Å². The Labute approximate surface area is 73.6 Å². The first-order valence-electron chi connectivity index (χ1n) is 4.03. The largest absolute Gasteiger partial charge is 0.481 e. The number of rotatable bonds is 4. The van der Waals surface area contributed by atoms with Crippen molar-refractivity contribution in [2.75, 3.05) is 0 Å². The van der Waals surface area contributed by atoms with E-state index in [4.69, 9.17) is 5.11 Å². The van der Waals surface area contributed by atoms with Crippen LogP contribution in [0.15, 0.2) is 23.3 Å². The molecule has 0 fully saturated rings. The first-order chi connectivity index (χ1) is 5.52. The normalized spacial score (nSPS) is 11.1. The Morgan fingerprint density at radius 3 is 2.25 bits per heavy atom. The van der Waals surface area contributed by atoms with Crippen molar-refractivity contribution in [3.8, 4) is 0 Å². The molecule has 0 saturated carbocycles. The standard InChI is InChI=1S/C10H16O2/c1-8(2)5-4-6-9(3)7-10(11)12/h5-6H,4,7H2,1-3H3,(H,11,12)/b9-6-. The van der Waals surface area contributed by atoms with Crippen molar-refractivity contribution in [3.05, 3.63) is 23.3 Å². The molecule has 0 atom stereocenters. The minimum Gasteiger partial charge on any atom is -0.481 e. The summed E-state index contributed by atoms with van der Waals surface area (Å²) < 4.78 is 0. The fourth-order valence-corrected chi connectivity index (χ4v) is 0.807. The van der Waals surface area contributed by atoms with E-state index < -0.39 is 5.97 Å². The van der Waals surface area contributed by atoms with Gasteiger partial charge in [-0.2, -0.15) is 0 Å². The number of allylic oxidation sites excluding steroid dienone is 3. The second kappa shape index (κ2) is 5.58. The van der Waals surface area contributed by atoms with E-state index in [9.17, 15) is 4.79 Å². The molecule has 0 amide bonds. The van der Waals surface area contributed by atoms with Crippen LogP contribution in [0.3, 0.4) is 0 Å². The maximum atomic E-state index is 10.3. The number of carboxylic acids is 1. The molecule has 0 aromatic rings. The van der Waals surface area contributed by atoms with Gasteiger partial charge in [0.15, 0.2) is 0 Å². The van der Waals surface area contributed by atoms with Gasteiger partial charge in [-0.1, -0.05) is 23.3 Å². The van der Waals surface area contributed by atoms with Crippen molar-refractivity contribution >= 4 is 5.97 Å². The van der Waals surface area contributed by atoms with Gasteiger partial charge in [-0.25, -0.2) is 0 Å². The lowest BCUT2D eigenvalue weighted by molar-refractivity contribution is -0.136. The Bertz CT molecular complexity index is 208. The zero-order chi connectivity index (χ0) is 9.56. The van der Waals surface area contributed by atoms with Gasteiger partial charge in [0.05, 0.1) is 6.42 Å². The molecule has 2 nitrogen and oxygen atoms in total. The van der Waals surface area contributed by atoms with Gasteiger partial charge in [-0.15, -0.1) is 0 Å². The molecule has 0 spiro atoms. The molecule has 0 aliphatic carbocycles. The molecule has 0 saturated heterocycles. The lowest BCUT2D eigenvalue weighted by atomic mass is 10.1. The Balaban J connectivity index is 3.85. The third-order valence-corrected chi connectivity index (χ3v) is 1.42. The highest BCUT2D eigenvalue weighted by Crippen LogP contribution is 2.03. The van der Waals surface area contributed by atoms with Crippen molar-refractivity contribution in [3.63, 3.8) is 0 Å². The topological polar surface area (TPSA) is 37.3 Å². The van der Waals surface area contributed by atoms with E-state index in [1.54, 1.807) is 0 Å². The maximum Gasteiger partial charge on any atom is 0.307 e. The first kappa shape index (κ1) is 11.0. The van der Waals surface area contributed by atoms with Crippen LogP contribution in [-0.4, -0.2) is 11.1 Å². The highest BCUT2D eigenvalue weighted by molar-refractivity contribution is 5.69. The quantitative estimate of drug-likeness (QED) is 0.655. The Morgan fingerprint density at radius 1 is 1.25 bits per heavy atom. The predicted molar refractivity (Wildman–Crippen MR) is 50.1 cm³/mol. The molecule has 0 aliphatic rings. The van der Waals surface area contributed by atoms with Gasteiger partial charge >= 0.3 is 5.97 Å². The number of hydrogen-bond acceptors (Lipinski definition) is 1. The molecule has 68 valence electrons. The van der Waals surface area contributed by atoms with E-state index in [1.165, 1.54) is 5.57 Å². The van der Waals surface area contributed by atoms with E-state index in [2.05, 4.69) is 6.08 Å². The van der Waals surface area contributed by atoms with Gasteiger partial charge in [0.1, 0.15) is 0 Å². The molecule has 0 heterocycles. The fourth-order valence-electron chi connectivity index (χ4n) is 0.807. The van der Waals surface area contributed by atoms with Gasteiger partial charge in [0, 0.05) is 0 Å². The Kier molecular flexibility index (Phi) is 5.09. The van der Waals surface area contributed by atoms with E-state index in [-0.39, 0.29) is 6.42 Å². The molecule has 0 radical (unpaired) electrons.